The maximum atomic E-state index is 14.6. The van der Waals surface area contributed by atoms with Crippen LogP contribution in [0.15, 0.2) is 37.2 Å². The average Bonchev–Trinajstić information content (AvgIpc) is 2.74. The second-order valence-electron chi connectivity index (χ2n) is 7.41. The second-order valence-corrected chi connectivity index (χ2v) is 7.41. The standard InChI is InChI=1S/C21H24F5N5/c1-3-17-18(27-2)28-13-29-19(17)30-16-8-10-31(11-9-16)12-20(22,23)14-4-6-15(7-5-14)21(24,25)26/h3-7,13,16H,1,8-12H2,2H3,(H2,27,28,29,30). The molecule has 10 heteroatoms. The van der Waals surface area contributed by atoms with Gasteiger partial charge in [0.1, 0.15) is 18.0 Å². The zero-order chi connectivity index (χ0) is 22.6. The molecule has 1 aliphatic rings. The highest BCUT2D eigenvalue weighted by atomic mass is 19.4. The van der Waals surface area contributed by atoms with Crippen molar-refractivity contribution in [2.24, 2.45) is 0 Å². The summed E-state index contributed by atoms with van der Waals surface area (Å²) in [5.41, 5.74) is -0.623. The molecule has 1 fully saturated rings. The van der Waals surface area contributed by atoms with Crippen molar-refractivity contribution in [2.75, 3.05) is 37.3 Å². The number of anilines is 2. The molecule has 2 aromatic rings. The Balaban J connectivity index is 1.58. The van der Waals surface area contributed by atoms with Gasteiger partial charge in [-0.25, -0.2) is 9.97 Å². The first-order valence-corrected chi connectivity index (χ1v) is 9.83. The molecule has 0 atom stereocenters. The number of benzene rings is 1. The van der Waals surface area contributed by atoms with E-state index in [-0.39, 0.29) is 6.04 Å². The third-order valence-corrected chi connectivity index (χ3v) is 5.31. The number of hydrogen-bond acceptors (Lipinski definition) is 5. The summed E-state index contributed by atoms with van der Waals surface area (Å²) < 4.78 is 67.2. The van der Waals surface area contributed by atoms with E-state index in [1.54, 1.807) is 18.0 Å². The highest BCUT2D eigenvalue weighted by molar-refractivity contribution is 5.72. The summed E-state index contributed by atoms with van der Waals surface area (Å²) in [7, 11) is 1.74. The molecule has 1 saturated heterocycles. The fraction of sp³-hybridized carbons (Fsp3) is 0.429. The van der Waals surface area contributed by atoms with Crippen molar-refractivity contribution in [2.45, 2.75) is 31.0 Å². The van der Waals surface area contributed by atoms with Crippen LogP contribution in [-0.2, 0) is 12.1 Å². The van der Waals surface area contributed by atoms with E-state index in [0.717, 1.165) is 17.7 Å². The van der Waals surface area contributed by atoms with Crippen molar-refractivity contribution in [3.05, 3.63) is 53.9 Å². The number of nitrogens with zero attached hydrogens (tertiary/aromatic N) is 3. The predicted molar refractivity (Wildman–Crippen MR) is 110 cm³/mol. The van der Waals surface area contributed by atoms with E-state index in [2.05, 4.69) is 27.2 Å². The molecular formula is C21H24F5N5. The van der Waals surface area contributed by atoms with Crippen LogP contribution in [0.2, 0.25) is 0 Å². The molecule has 2 heterocycles. The zero-order valence-corrected chi connectivity index (χ0v) is 17.0. The van der Waals surface area contributed by atoms with E-state index in [9.17, 15) is 22.0 Å². The zero-order valence-electron chi connectivity index (χ0n) is 17.0. The van der Waals surface area contributed by atoms with Crippen LogP contribution in [-0.4, -0.2) is 47.6 Å². The first kappa shape index (κ1) is 22.9. The van der Waals surface area contributed by atoms with Gasteiger partial charge in [0.05, 0.1) is 17.7 Å². The smallest absolute Gasteiger partial charge is 0.372 e. The number of likely N-dealkylation sites (tertiary alicyclic amines) is 1. The highest BCUT2D eigenvalue weighted by Crippen LogP contribution is 2.34. The molecule has 2 N–H and O–H groups in total. The summed E-state index contributed by atoms with van der Waals surface area (Å²) in [5, 5.41) is 6.30. The van der Waals surface area contributed by atoms with Crippen LogP contribution >= 0.6 is 0 Å². The van der Waals surface area contributed by atoms with Gasteiger partial charge in [0.2, 0.25) is 0 Å². The van der Waals surface area contributed by atoms with Crippen LogP contribution in [0.4, 0.5) is 33.6 Å². The van der Waals surface area contributed by atoms with E-state index in [1.807, 2.05) is 0 Å². The van der Waals surface area contributed by atoms with Gasteiger partial charge in [-0.15, -0.1) is 0 Å². The maximum Gasteiger partial charge on any atom is 0.416 e. The van der Waals surface area contributed by atoms with Crippen LogP contribution in [0.1, 0.15) is 29.5 Å². The molecule has 0 saturated carbocycles. The minimum atomic E-state index is -4.55. The molecular weight excluding hydrogens is 417 g/mol. The van der Waals surface area contributed by atoms with Crippen LogP contribution in [0.5, 0.6) is 0 Å². The fourth-order valence-electron chi connectivity index (χ4n) is 3.61. The third kappa shape index (κ3) is 5.49. The van der Waals surface area contributed by atoms with Crippen molar-refractivity contribution in [1.82, 2.24) is 14.9 Å². The molecule has 0 amide bonds. The molecule has 5 nitrogen and oxygen atoms in total. The van der Waals surface area contributed by atoms with Gasteiger partial charge in [-0.2, -0.15) is 22.0 Å². The van der Waals surface area contributed by atoms with E-state index >= 15 is 0 Å². The fourth-order valence-corrected chi connectivity index (χ4v) is 3.61. The van der Waals surface area contributed by atoms with Crippen molar-refractivity contribution in [3.8, 4) is 0 Å². The number of rotatable bonds is 7. The van der Waals surface area contributed by atoms with Gasteiger partial charge in [-0.3, -0.25) is 4.90 Å². The Hall–Kier alpha value is -2.75. The molecule has 0 unspecified atom stereocenters. The lowest BCUT2D eigenvalue weighted by molar-refractivity contribution is -0.137. The SMILES string of the molecule is C=Cc1c(NC)ncnc1NC1CCN(CC(F)(F)c2ccc(C(F)(F)F)cc2)CC1. The highest BCUT2D eigenvalue weighted by Gasteiger charge is 2.37. The molecule has 31 heavy (non-hydrogen) atoms. The molecule has 168 valence electrons. The summed E-state index contributed by atoms with van der Waals surface area (Å²) >= 11 is 0. The molecule has 1 aliphatic heterocycles. The molecule has 3 rings (SSSR count). The van der Waals surface area contributed by atoms with Gasteiger partial charge in [-0.1, -0.05) is 24.8 Å². The molecule has 0 aliphatic carbocycles. The van der Waals surface area contributed by atoms with Crippen molar-refractivity contribution >= 4 is 17.7 Å². The lowest BCUT2D eigenvalue weighted by Gasteiger charge is -2.35. The molecule has 0 spiro atoms. The van der Waals surface area contributed by atoms with Gasteiger partial charge >= 0.3 is 6.18 Å². The Morgan fingerprint density at radius 2 is 1.61 bits per heavy atom. The summed E-state index contributed by atoms with van der Waals surface area (Å²) in [6.07, 6.45) is -0.224. The Kier molecular flexibility index (Phi) is 6.78. The number of piperidine rings is 1. The Labute approximate surface area is 177 Å². The molecule has 1 aromatic carbocycles. The summed E-state index contributed by atoms with van der Waals surface area (Å²) in [6, 6.07) is 3.13. The normalized spacial score (nSPS) is 16.2. The van der Waals surface area contributed by atoms with Crippen molar-refractivity contribution in [1.29, 1.82) is 0 Å². The Bertz CT molecular complexity index is 890. The number of halogens is 5. The van der Waals surface area contributed by atoms with Gasteiger partial charge in [-0.05, 0) is 25.0 Å². The second kappa shape index (κ2) is 9.17. The number of aromatic nitrogens is 2. The lowest BCUT2D eigenvalue weighted by atomic mass is 10.0. The minimum absolute atomic E-state index is 0.0502. The molecule has 1 aromatic heterocycles. The summed E-state index contributed by atoms with van der Waals surface area (Å²) in [4.78, 5) is 10.0. The van der Waals surface area contributed by atoms with Gasteiger partial charge in [0, 0.05) is 31.7 Å². The van der Waals surface area contributed by atoms with Gasteiger partial charge < -0.3 is 10.6 Å². The molecule has 0 radical (unpaired) electrons. The van der Waals surface area contributed by atoms with Crippen LogP contribution in [0.25, 0.3) is 6.08 Å². The van der Waals surface area contributed by atoms with E-state index in [0.29, 0.717) is 49.7 Å². The minimum Gasteiger partial charge on any atom is -0.372 e. The van der Waals surface area contributed by atoms with Crippen LogP contribution < -0.4 is 10.6 Å². The number of nitrogens with one attached hydrogen (secondary N) is 2. The average molecular weight is 441 g/mol. The quantitative estimate of drug-likeness (QED) is 0.602. The lowest BCUT2D eigenvalue weighted by Crippen LogP contribution is -2.43. The van der Waals surface area contributed by atoms with E-state index < -0.39 is 29.8 Å². The van der Waals surface area contributed by atoms with E-state index in [1.165, 1.54) is 6.33 Å². The molecule has 0 bridgehead atoms. The largest absolute Gasteiger partial charge is 0.416 e. The van der Waals surface area contributed by atoms with E-state index in [4.69, 9.17) is 0 Å². The monoisotopic (exact) mass is 441 g/mol. The van der Waals surface area contributed by atoms with Crippen LogP contribution in [0.3, 0.4) is 0 Å². The first-order chi connectivity index (χ1) is 14.6. The predicted octanol–water partition coefficient (Wildman–Crippen LogP) is 4.85. The number of hydrogen-bond donors (Lipinski definition) is 2. The Morgan fingerprint density at radius 3 is 2.16 bits per heavy atom. The Morgan fingerprint density at radius 1 is 1.03 bits per heavy atom. The number of alkyl halides is 5. The third-order valence-electron chi connectivity index (χ3n) is 5.31. The summed E-state index contributed by atoms with van der Waals surface area (Å²) in [5.74, 6) is -1.97. The van der Waals surface area contributed by atoms with Gasteiger partial charge in [0.25, 0.3) is 5.92 Å². The van der Waals surface area contributed by atoms with Crippen molar-refractivity contribution in [3.63, 3.8) is 0 Å². The topological polar surface area (TPSA) is 53.1 Å². The maximum absolute atomic E-state index is 14.6. The first-order valence-electron chi connectivity index (χ1n) is 9.83. The van der Waals surface area contributed by atoms with Crippen molar-refractivity contribution < 1.29 is 22.0 Å². The van der Waals surface area contributed by atoms with Crippen LogP contribution in [0, 0.1) is 0 Å². The summed E-state index contributed by atoms with van der Waals surface area (Å²) in [6.45, 7) is 4.10. The van der Waals surface area contributed by atoms with Gasteiger partial charge in [0.15, 0.2) is 0 Å².